The van der Waals surface area contributed by atoms with Gasteiger partial charge in [0.15, 0.2) is 5.82 Å². The molecule has 15 heavy (non-hydrogen) atoms. The molecule has 0 radical (unpaired) electrons. The predicted molar refractivity (Wildman–Crippen MR) is 56.4 cm³/mol. The number of hydrogen-bond donors (Lipinski definition) is 1. The average Bonchev–Trinajstić information content (AvgIpc) is 2.74. The molecule has 0 saturated heterocycles. The molecule has 0 fully saturated rings. The van der Waals surface area contributed by atoms with Crippen molar-refractivity contribution in [2.75, 3.05) is 5.32 Å². The lowest BCUT2D eigenvalue weighted by atomic mass is 10.3. The van der Waals surface area contributed by atoms with Gasteiger partial charge < -0.3 is 9.73 Å². The number of rotatable bonds is 2. The van der Waals surface area contributed by atoms with Crippen molar-refractivity contribution in [3.63, 3.8) is 0 Å². The second kappa shape index (κ2) is 4.22. The van der Waals surface area contributed by atoms with Crippen LogP contribution in [0.15, 0.2) is 40.0 Å². The molecule has 6 heteroatoms. The number of amides is 1. The lowest BCUT2D eigenvalue weighted by molar-refractivity contribution is 0.102. The van der Waals surface area contributed by atoms with E-state index in [1.807, 2.05) is 0 Å². The Hall–Kier alpha value is -1.69. The molecule has 2 heterocycles. The number of halogens is 1. The van der Waals surface area contributed by atoms with Crippen LogP contribution in [0.2, 0.25) is 0 Å². The molecule has 5 nitrogen and oxygen atoms in total. The SMILES string of the molecule is O=C(Nc1cnc(Br)cn1)c1ccoc1. The Morgan fingerprint density at radius 1 is 1.40 bits per heavy atom. The minimum Gasteiger partial charge on any atom is -0.472 e. The van der Waals surface area contributed by atoms with Crippen molar-refractivity contribution in [3.8, 4) is 0 Å². The molecule has 0 aromatic carbocycles. The summed E-state index contributed by atoms with van der Waals surface area (Å²) in [5.41, 5.74) is 0.444. The number of aromatic nitrogens is 2. The lowest BCUT2D eigenvalue weighted by Gasteiger charge is -2.00. The molecule has 0 aliphatic heterocycles. The van der Waals surface area contributed by atoms with Crippen molar-refractivity contribution in [2.24, 2.45) is 0 Å². The van der Waals surface area contributed by atoms with Crippen LogP contribution in [0.25, 0.3) is 0 Å². The molecule has 2 rings (SSSR count). The van der Waals surface area contributed by atoms with Crippen LogP contribution in [0.1, 0.15) is 10.4 Å². The maximum Gasteiger partial charge on any atom is 0.260 e. The first-order valence-corrected chi connectivity index (χ1v) is 4.86. The van der Waals surface area contributed by atoms with Crippen molar-refractivity contribution in [3.05, 3.63) is 41.2 Å². The Morgan fingerprint density at radius 2 is 2.27 bits per heavy atom. The van der Waals surface area contributed by atoms with Gasteiger partial charge in [0.05, 0.1) is 24.2 Å². The quantitative estimate of drug-likeness (QED) is 0.905. The summed E-state index contributed by atoms with van der Waals surface area (Å²) in [5.74, 6) is 0.116. The van der Waals surface area contributed by atoms with Crippen LogP contribution < -0.4 is 5.32 Å². The fourth-order valence-electron chi connectivity index (χ4n) is 0.959. The number of furan rings is 1. The topological polar surface area (TPSA) is 68.0 Å². The van der Waals surface area contributed by atoms with Crippen molar-refractivity contribution in [1.82, 2.24) is 9.97 Å². The van der Waals surface area contributed by atoms with Crippen LogP contribution in [0.5, 0.6) is 0 Å². The molecule has 1 amide bonds. The summed E-state index contributed by atoms with van der Waals surface area (Å²) < 4.78 is 5.40. The van der Waals surface area contributed by atoms with E-state index in [0.717, 1.165) is 0 Å². The lowest BCUT2D eigenvalue weighted by Crippen LogP contribution is -2.12. The van der Waals surface area contributed by atoms with Crippen LogP contribution in [0, 0.1) is 0 Å². The van der Waals surface area contributed by atoms with E-state index in [1.54, 1.807) is 6.07 Å². The van der Waals surface area contributed by atoms with E-state index in [-0.39, 0.29) is 5.91 Å². The van der Waals surface area contributed by atoms with Gasteiger partial charge in [-0.1, -0.05) is 0 Å². The van der Waals surface area contributed by atoms with E-state index >= 15 is 0 Å². The zero-order chi connectivity index (χ0) is 10.7. The van der Waals surface area contributed by atoms with E-state index < -0.39 is 0 Å². The highest BCUT2D eigenvalue weighted by Crippen LogP contribution is 2.08. The molecule has 0 atom stereocenters. The summed E-state index contributed by atoms with van der Waals surface area (Å²) in [6.07, 6.45) is 5.76. The Balaban J connectivity index is 2.09. The van der Waals surface area contributed by atoms with Gasteiger partial charge in [0.1, 0.15) is 10.9 Å². The fourth-order valence-corrected chi connectivity index (χ4v) is 1.16. The summed E-state index contributed by atoms with van der Waals surface area (Å²) in [4.78, 5) is 19.4. The number of nitrogens with zero attached hydrogens (tertiary/aromatic N) is 2. The maximum absolute atomic E-state index is 11.5. The minimum absolute atomic E-state index is 0.277. The first-order chi connectivity index (χ1) is 7.25. The smallest absolute Gasteiger partial charge is 0.260 e. The largest absolute Gasteiger partial charge is 0.472 e. The zero-order valence-electron chi connectivity index (χ0n) is 7.48. The van der Waals surface area contributed by atoms with Crippen molar-refractivity contribution in [1.29, 1.82) is 0 Å². The molecule has 0 aliphatic carbocycles. The van der Waals surface area contributed by atoms with Gasteiger partial charge in [0.2, 0.25) is 0 Å². The average molecular weight is 268 g/mol. The van der Waals surface area contributed by atoms with Crippen LogP contribution in [0.4, 0.5) is 5.82 Å². The second-order valence-electron chi connectivity index (χ2n) is 2.69. The van der Waals surface area contributed by atoms with Gasteiger partial charge in [0, 0.05) is 0 Å². The highest BCUT2D eigenvalue weighted by molar-refractivity contribution is 9.10. The van der Waals surface area contributed by atoms with Crippen LogP contribution >= 0.6 is 15.9 Å². The molecule has 2 aromatic rings. The van der Waals surface area contributed by atoms with Gasteiger partial charge in [-0.3, -0.25) is 4.79 Å². The van der Waals surface area contributed by atoms with Gasteiger partial charge in [-0.2, -0.15) is 0 Å². The molecule has 0 aliphatic rings. The van der Waals surface area contributed by atoms with Crippen molar-refractivity contribution >= 4 is 27.7 Å². The minimum atomic E-state index is -0.277. The molecular formula is C9H6BrN3O2. The van der Waals surface area contributed by atoms with Crippen LogP contribution in [-0.4, -0.2) is 15.9 Å². The zero-order valence-corrected chi connectivity index (χ0v) is 9.06. The Labute approximate surface area is 93.7 Å². The molecule has 1 N–H and O–H groups in total. The third kappa shape index (κ3) is 2.41. The van der Waals surface area contributed by atoms with Crippen LogP contribution in [0.3, 0.4) is 0 Å². The number of carbonyl (C=O) groups is 1. The fraction of sp³-hybridized carbons (Fsp3) is 0. The predicted octanol–water partition coefficient (Wildman–Crippen LogP) is 2.08. The van der Waals surface area contributed by atoms with Crippen molar-refractivity contribution < 1.29 is 9.21 Å². The third-order valence-corrected chi connectivity index (χ3v) is 2.05. The highest BCUT2D eigenvalue weighted by Gasteiger charge is 2.07. The van der Waals surface area contributed by atoms with E-state index in [9.17, 15) is 4.79 Å². The maximum atomic E-state index is 11.5. The normalized spacial score (nSPS) is 9.93. The van der Waals surface area contributed by atoms with E-state index in [4.69, 9.17) is 4.42 Å². The Kier molecular flexibility index (Phi) is 2.77. The van der Waals surface area contributed by atoms with E-state index in [2.05, 4.69) is 31.2 Å². The van der Waals surface area contributed by atoms with E-state index in [1.165, 1.54) is 24.9 Å². The highest BCUT2D eigenvalue weighted by atomic mass is 79.9. The van der Waals surface area contributed by atoms with E-state index in [0.29, 0.717) is 16.0 Å². The van der Waals surface area contributed by atoms with Crippen molar-refractivity contribution in [2.45, 2.75) is 0 Å². The first kappa shape index (κ1) is 9.85. The monoisotopic (exact) mass is 267 g/mol. The van der Waals surface area contributed by atoms with Crippen LogP contribution in [-0.2, 0) is 0 Å². The molecule has 0 unspecified atom stereocenters. The first-order valence-electron chi connectivity index (χ1n) is 4.07. The Morgan fingerprint density at radius 3 is 2.87 bits per heavy atom. The standard InChI is InChI=1S/C9H6BrN3O2/c10-7-3-12-8(4-11-7)13-9(14)6-1-2-15-5-6/h1-5H,(H,12,13,14). The molecular weight excluding hydrogens is 262 g/mol. The number of hydrogen-bond acceptors (Lipinski definition) is 4. The molecule has 2 aromatic heterocycles. The van der Waals surface area contributed by atoms with Gasteiger partial charge in [-0.15, -0.1) is 0 Å². The second-order valence-corrected chi connectivity index (χ2v) is 3.50. The molecule has 0 saturated carbocycles. The van der Waals surface area contributed by atoms with Gasteiger partial charge >= 0.3 is 0 Å². The summed E-state index contributed by atoms with van der Waals surface area (Å²) in [6.45, 7) is 0. The summed E-state index contributed by atoms with van der Waals surface area (Å²) >= 11 is 3.15. The summed E-state index contributed by atoms with van der Waals surface area (Å²) in [6, 6.07) is 1.57. The van der Waals surface area contributed by atoms with Gasteiger partial charge in [-0.25, -0.2) is 9.97 Å². The summed E-state index contributed by atoms with van der Waals surface area (Å²) in [5, 5.41) is 2.58. The third-order valence-electron chi connectivity index (χ3n) is 1.65. The summed E-state index contributed by atoms with van der Waals surface area (Å²) in [7, 11) is 0. The number of carbonyl (C=O) groups excluding carboxylic acids is 1. The Bertz CT molecular complexity index is 453. The molecule has 0 bridgehead atoms. The number of anilines is 1. The molecule has 76 valence electrons. The van der Waals surface area contributed by atoms with Gasteiger partial charge in [-0.05, 0) is 22.0 Å². The number of nitrogens with one attached hydrogen (secondary N) is 1. The van der Waals surface area contributed by atoms with Gasteiger partial charge in [0.25, 0.3) is 5.91 Å². The molecule has 0 spiro atoms.